The predicted molar refractivity (Wildman–Crippen MR) is 71.8 cm³/mol. The molecule has 2 rings (SSSR count). The van der Waals surface area contributed by atoms with Gasteiger partial charge in [-0.15, -0.1) is 0 Å². The second-order valence-electron chi connectivity index (χ2n) is 3.58. The van der Waals surface area contributed by atoms with E-state index in [1.54, 1.807) is 6.07 Å². The maximum absolute atomic E-state index is 10.7. The van der Waals surface area contributed by atoms with Gasteiger partial charge >= 0.3 is 0 Å². The number of primary amides is 1. The van der Waals surface area contributed by atoms with Gasteiger partial charge in [0.1, 0.15) is 10.8 Å². The fourth-order valence-corrected chi connectivity index (χ4v) is 2.02. The highest BCUT2D eigenvalue weighted by atomic mass is 32.2. The van der Waals surface area contributed by atoms with Crippen LogP contribution in [-0.2, 0) is 4.79 Å². The fraction of sp³-hybridized carbons (Fsp3) is 0.0833. The number of nitrogens with zero attached hydrogens (tertiary/aromatic N) is 2. The number of hydrogen-bond acceptors (Lipinski definition) is 5. The first-order chi connectivity index (χ1) is 8.65. The molecule has 18 heavy (non-hydrogen) atoms. The molecular weight excluding hydrogens is 248 g/mol. The summed E-state index contributed by atoms with van der Waals surface area (Å²) in [7, 11) is 0. The zero-order valence-corrected chi connectivity index (χ0v) is 10.4. The molecule has 0 aliphatic heterocycles. The van der Waals surface area contributed by atoms with Crippen molar-refractivity contribution in [1.29, 1.82) is 0 Å². The zero-order valence-electron chi connectivity index (χ0n) is 9.54. The molecule has 5 nitrogen and oxygen atoms in total. The van der Waals surface area contributed by atoms with E-state index in [0.717, 1.165) is 5.56 Å². The Hall–Kier alpha value is -2.08. The van der Waals surface area contributed by atoms with Crippen LogP contribution in [0.3, 0.4) is 0 Å². The number of amides is 1. The molecule has 4 N–H and O–H groups in total. The summed E-state index contributed by atoms with van der Waals surface area (Å²) in [6.07, 6.45) is 0. The van der Waals surface area contributed by atoms with E-state index in [4.69, 9.17) is 11.5 Å². The Balaban J connectivity index is 2.29. The summed E-state index contributed by atoms with van der Waals surface area (Å²) in [6, 6.07) is 11.1. The number of anilines is 1. The maximum Gasteiger partial charge on any atom is 0.227 e. The number of benzene rings is 1. The van der Waals surface area contributed by atoms with E-state index in [1.807, 2.05) is 30.3 Å². The van der Waals surface area contributed by atoms with Crippen molar-refractivity contribution in [3.63, 3.8) is 0 Å². The van der Waals surface area contributed by atoms with Crippen LogP contribution in [0.25, 0.3) is 11.4 Å². The van der Waals surface area contributed by atoms with Crippen molar-refractivity contribution in [2.75, 3.05) is 11.5 Å². The first-order valence-electron chi connectivity index (χ1n) is 5.26. The van der Waals surface area contributed by atoms with Gasteiger partial charge in [0.25, 0.3) is 0 Å². The number of carbonyl (C=O) groups is 1. The SMILES string of the molecule is NC(=O)CSc1cc(N)nc(-c2ccccc2)n1. The normalized spacial score (nSPS) is 10.2. The average molecular weight is 260 g/mol. The summed E-state index contributed by atoms with van der Waals surface area (Å²) in [5.74, 6) is 0.696. The van der Waals surface area contributed by atoms with Crippen molar-refractivity contribution in [3.05, 3.63) is 36.4 Å². The minimum absolute atomic E-state index is 0.171. The Labute approximate surface area is 109 Å². The molecule has 1 aromatic carbocycles. The topological polar surface area (TPSA) is 94.9 Å². The number of aromatic nitrogens is 2. The Morgan fingerprint density at radius 1 is 1.22 bits per heavy atom. The van der Waals surface area contributed by atoms with Gasteiger partial charge in [0, 0.05) is 11.6 Å². The lowest BCUT2D eigenvalue weighted by molar-refractivity contribution is -0.115. The van der Waals surface area contributed by atoms with Crippen molar-refractivity contribution in [3.8, 4) is 11.4 Å². The van der Waals surface area contributed by atoms with E-state index in [1.165, 1.54) is 11.8 Å². The van der Waals surface area contributed by atoms with Crippen molar-refractivity contribution < 1.29 is 4.79 Å². The molecule has 0 aliphatic carbocycles. The molecular formula is C12H12N4OS. The van der Waals surface area contributed by atoms with Gasteiger partial charge in [0.15, 0.2) is 5.82 Å². The second kappa shape index (κ2) is 5.50. The Bertz CT molecular complexity index is 559. The van der Waals surface area contributed by atoms with Gasteiger partial charge in [-0.25, -0.2) is 9.97 Å². The van der Waals surface area contributed by atoms with Gasteiger partial charge < -0.3 is 11.5 Å². The molecule has 0 saturated carbocycles. The van der Waals surface area contributed by atoms with Crippen molar-refractivity contribution in [2.24, 2.45) is 5.73 Å². The molecule has 0 spiro atoms. The molecule has 0 radical (unpaired) electrons. The molecule has 2 aromatic rings. The number of nitrogens with two attached hydrogens (primary N) is 2. The molecule has 0 fully saturated rings. The molecule has 0 bridgehead atoms. The number of nitrogen functional groups attached to an aromatic ring is 1. The van der Waals surface area contributed by atoms with Crippen LogP contribution in [0.15, 0.2) is 41.4 Å². The summed E-state index contributed by atoms with van der Waals surface area (Å²) < 4.78 is 0. The Morgan fingerprint density at radius 2 is 1.94 bits per heavy atom. The molecule has 92 valence electrons. The van der Waals surface area contributed by atoms with E-state index in [2.05, 4.69) is 9.97 Å². The summed E-state index contributed by atoms with van der Waals surface area (Å²) in [5.41, 5.74) is 11.7. The fourth-order valence-electron chi connectivity index (χ4n) is 1.38. The lowest BCUT2D eigenvalue weighted by atomic mass is 10.2. The van der Waals surface area contributed by atoms with Crippen LogP contribution in [0.1, 0.15) is 0 Å². The van der Waals surface area contributed by atoms with Gasteiger partial charge in [0.05, 0.1) is 5.75 Å². The Kier molecular flexibility index (Phi) is 3.78. The van der Waals surface area contributed by atoms with Crippen LogP contribution in [0.5, 0.6) is 0 Å². The minimum Gasteiger partial charge on any atom is -0.384 e. The number of thioether (sulfide) groups is 1. The summed E-state index contributed by atoms with van der Waals surface area (Å²) in [6.45, 7) is 0. The van der Waals surface area contributed by atoms with Crippen LogP contribution in [0, 0.1) is 0 Å². The van der Waals surface area contributed by atoms with Gasteiger partial charge in [0.2, 0.25) is 5.91 Å². The summed E-state index contributed by atoms with van der Waals surface area (Å²) >= 11 is 1.25. The highest BCUT2D eigenvalue weighted by Crippen LogP contribution is 2.22. The predicted octanol–water partition coefficient (Wildman–Crippen LogP) is 1.30. The van der Waals surface area contributed by atoms with Gasteiger partial charge in [-0.1, -0.05) is 42.1 Å². The third-order valence-corrected chi connectivity index (χ3v) is 3.05. The van der Waals surface area contributed by atoms with Crippen LogP contribution < -0.4 is 11.5 Å². The smallest absolute Gasteiger partial charge is 0.227 e. The third kappa shape index (κ3) is 3.21. The maximum atomic E-state index is 10.7. The minimum atomic E-state index is -0.390. The van der Waals surface area contributed by atoms with Crippen molar-refractivity contribution in [2.45, 2.75) is 5.03 Å². The van der Waals surface area contributed by atoms with E-state index < -0.39 is 5.91 Å². The molecule has 0 atom stereocenters. The van der Waals surface area contributed by atoms with E-state index in [9.17, 15) is 4.79 Å². The molecule has 0 saturated heterocycles. The van der Waals surface area contributed by atoms with E-state index in [-0.39, 0.29) is 5.75 Å². The molecule has 1 aromatic heterocycles. The van der Waals surface area contributed by atoms with Crippen molar-refractivity contribution in [1.82, 2.24) is 9.97 Å². The zero-order chi connectivity index (χ0) is 13.0. The third-order valence-electron chi connectivity index (χ3n) is 2.12. The largest absolute Gasteiger partial charge is 0.384 e. The highest BCUT2D eigenvalue weighted by Gasteiger charge is 2.06. The summed E-state index contributed by atoms with van der Waals surface area (Å²) in [5, 5.41) is 0.639. The van der Waals surface area contributed by atoms with Crippen LogP contribution in [-0.4, -0.2) is 21.6 Å². The van der Waals surface area contributed by atoms with Crippen LogP contribution >= 0.6 is 11.8 Å². The van der Waals surface area contributed by atoms with Crippen molar-refractivity contribution >= 4 is 23.5 Å². The quantitative estimate of drug-likeness (QED) is 0.638. The standard InChI is InChI=1S/C12H12N4OS/c13-9-6-11(18-7-10(14)17)16-12(15-9)8-4-2-1-3-5-8/h1-6H,7H2,(H2,14,17)(H2,13,15,16). The second-order valence-corrected chi connectivity index (χ2v) is 4.57. The summed E-state index contributed by atoms with van der Waals surface area (Å²) in [4.78, 5) is 19.2. The average Bonchev–Trinajstić information content (AvgIpc) is 2.37. The number of carbonyl (C=O) groups excluding carboxylic acids is 1. The van der Waals surface area contributed by atoms with Gasteiger partial charge in [-0.05, 0) is 0 Å². The van der Waals surface area contributed by atoms with E-state index >= 15 is 0 Å². The molecule has 6 heteroatoms. The first kappa shape index (κ1) is 12.4. The molecule has 1 amide bonds. The lowest BCUT2D eigenvalue weighted by Gasteiger charge is -2.04. The Morgan fingerprint density at radius 3 is 2.61 bits per heavy atom. The molecule has 0 unspecified atom stereocenters. The van der Waals surface area contributed by atoms with E-state index in [0.29, 0.717) is 16.7 Å². The monoisotopic (exact) mass is 260 g/mol. The number of rotatable bonds is 4. The van der Waals surface area contributed by atoms with Crippen LogP contribution in [0.2, 0.25) is 0 Å². The lowest BCUT2D eigenvalue weighted by Crippen LogP contribution is -2.13. The first-order valence-corrected chi connectivity index (χ1v) is 6.25. The number of hydrogen-bond donors (Lipinski definition) is 2. The van der Waals surface area contributed by atoms with Gasteiger partial charge in [-0.3, -0.25) is 4.79 Å². The van der Waals surface area contributed by atoms with Gasteiger partial charge in [-0.2, -0.15) is 0 Å². The molecule has 0 aliphatic rings. The highest BCUT2D eigenvalue weighted by molar-refractivity contribution is 7.99. The van der Waals surface area contributed by atoms with Crippen LogP contribution in [0.4, 0.5) is 5.82 Å². The molecule has 1 heterocycles.